The largest absolute Gasteiger partial charge is 0.368 e. The molecule has 0 saturated heterocycles. The molecule has 16 heavy (non-hydrogen) atoms. The third kappa shape index (κ3) is 3.73. The van der Waals surface area contributed by atoms with E-state index in [0.717, 1.165) is 0 Å². The lowest BCUT2D eigenvalue weighted by Gasteiger charge is -2.20. The average molecular weight is 243 g/mol. The molecule has 0 aliphatic carbocycles. The number of nitrogens with zero attached hydrogens (tertiary/aromatic N) is 3. The van der Waals surface area contributed by atoms with Gasteiger partial charge in [0.1, 0.15) is 0 Å². The molecule has 7 heteroatoms. The van der Waals surface area contributed by atoms with E-state index in [0.29, 0.717) is 16.9 Å². The predicted molar refractivity (Wildman–Crippen MR) is 64.0 cm³/mol. The van der Waals surface area contributed by atoms with Gasteiger partial charge in [0.2, 0.25) is 11.9 Å². The molecule has 0 saturated carbocycles. The Bertz CT molecular complexity index is 382. The molecule has 0 aromatic carbocycles. The second-order valence-electron chi connectivity index (χ2n) is 4.49. The highest BCUT2D eigenvalue weighted by molar-refractivity contribution is 7.99. The van der Waals surface area contributed by atoms with Crippen molar-refractivity contribution in [3.63, 3.8) is 0 Å². The average Bonchev–Trinajstić information content (AvgIpc) is 2.42. The monoisotopic (exact) mass is 243 g/mol. The highest BCUT2D eigenvalue weighted by atomic mass is 32.2. The fourth-order valence-electron chi connectivity index (χ4n) is 1.04. The molecule has 90 valence electrons. The van der Waals surface area contributed by atoms with Crippen molar-refractivity contribution >= 4 is 23.6 Å². The molecule has 0 fully saturated rings. The summed E-state index contributed by atoms with van der Waals surface area (Å²) >= 11 is 1.31. The van der Waals surface area contributed by atoms with Crippen LogP contribution in [0.4, 0.5) is 5.95 Å². The van der Waals surface area contributed by atoms with Gasteiger partial charge in [-0.1, -0.05) is 11.8 Å². The Balaban J connectivity index is 2.47. The highest BCUT2D eigenvalue weighted by Crippen LogP contribution is 2.16. The van der Waals surface area contributed by atoms with Crippen LogP contribution < -0.4 is 11.1 Å². The lowest BCUT2D eigenvalue weighted by molar-refractivity contribution is -0.119. The SMILES string of the molecule is Cn1c(N)nnc1SCC(=O)NC(C)(C)C. The third-order valence-corrected chi connectivity index (χ3v) is 2.74. The summed E-state index contributed by atoms with van der Waals surface area (Å²) in [4.78, 5) is 11.5. The summed E-state index contributed by atoms with van der Waals surface area (Å²) in [5, 5.41) is 11.1. The summed E-state index contributed by atoms with van der Waals surface area (Å²) in [6, 6.07) is 0. The van der Waals surface area contributed by atoms with Gasteiger partial charge in [0.15, 0.2) is 5.16 Å². The molecule has 0 spiro atoms. The molecular formula is C9H17N5OS. The van der Waals surface area contributed by atoms with E-state index in [2.05, 4.69) is 15.5 Å². The molecule has 1 aromatic heterocycles. The van der Waals surface area contributed by atoms with Crippen molar-refractivity contribution in [3.05, 3.63) is 0 Å². The van der Waals surface area contributed by atoms with E-state index in [9.17, 15) is 4.79 Å². The Morgan fingerprint density at radius 1 is 1.50 bits per heavy atom. The lowest BCUT2D eigenvalue weighted by Crippen LogP contribution is -2.41. The molecule has 1 rings (SSSR count). The Labute approximate surface area is 99.0 Å². The first kappa shape index (κ1) is 12.8. The van der Waals surface area contributed by atoms with E-state index in [1.807, 2.05) is 20.8 Å². The number of hydrogen-bond acceptors (Lipinski definition) is 5. The second-order valence-corrected chi connectivity index (χ2v) is 5.43. The number of nitrogens with one attached hydrogen (secondary N) is 1. The molecular weight excluding hydrogens is 226 g/mol. The maximum atomic E-state index is 11.5. The number of nitrogens with two attached hydrogens (primary N) is 1. The number of nitrogen functional groups attached to an aromatic ring is 1. The van der Waals surface area contributed by atoms with Crippen molar-refractivity contribution in [1.29, 1.82) is 0 Å². The van der Waals surface area contributed by atoms with Gasteiger partial charge in [-0.05, 0) is 20.8 Å². The summed E-state index contributed by atoms with van der Waals surface area (Å²) in [5.74, 6) is 0.626. The van der Waals surface area contributed by atoms with E-state index in [1.165, 1.54) is 11.8 Å². The topological polar surface area (TPSA) is 85.8 Å². The maximum Gasteiger partial charge on any atom is 0.230 e. The standard InChI is InChI=1S/C9H17N5OS/c1-9(2,3)11-6(15)5-16-8-13-12-7(10)14(8)4/h5H2,1-4H3,(H2,10,12)(H,11,15). The zero-order chi connectivity index (χ0) is 12.3. The van der Waals surface area contributed by atoms with E-state index < -0.39 is 0 Å². The van der Waals surface area contributed by atoms with Crippen LogP contribution in [-0.4, -0.2) is 32.0 Å². The summed E-state index contributed by atoms with van der Waals surface area (Å²) < 4.78 is 1.65. The molecule has 0 aliphatic heterocycles. The van der Waals surface area contributed by atoms with E-state index in [4.69, 9.17) is 5.73 Å². The van der Waals surface area contributed by atoms with Crippen LogP contribution in [0.2, 0.25) is 0 Å². The molecule has 3 N–H and O–H groups in total. The van der Waals surface area contributed by atoms with Gasteiger partial charge >= 0.3 is 0 Å². The summed E-state index contributed by atoms with van der Waals surface area (Å²) in [7, 11) is 1.76. The van der Waals surface area contributed by atoms with Gasteiger partial charge in [0.25, 0.3) is 0 Å². The number of hydrogen-bond donors (Lipinski definition) is 2. The molecule has 0 bridgehead atoms. The van der Waals surface area contributed by atoms with Crippen molar-refractivity contribution in [2.45, 2.75) is 31.5 Å². The minimum absolute atomic E-state index is 0.0286. The molecule has 0 atom stereocenters. The lowest BCUT2D eigenvalue weighted by atomic mass is 10.1. The van der Waals surface area contributed by atoms with Crippen LogP contribution >= 0.6 is 11.8 Å². The third-order valence-electron chi connectivity index (χ3n) is 1.72. The Morgan fingerprint density at radius 2 is 2.12 bits per heavy atom. The zero-order valence-electron chi connectivity index (χ0n) is 9.94. The highest BCUT2D eigenvalue weighted by Gasteiger charge is 2.15. The minimum atomic E-state index is -0.212. The summed E-state index contributed by atoms with van der Waals surface area (Å²) in [6.07, 6.45) is 0. The maximum absolute atomic E-state index is 11.5. The number of thioether (sulfide) groups is 1. The van der Waals surface area contributed by atoms with Crippen molar-refractivity contribution in [3.8, 4) is 0 Å². The predicted octanol–water partition coefficient (Wildman–Crippen LogP) is 0.404. The Morgan fingerprint density at radius 3 is 2.56 bits per heavy atom. The Hall–Kier alpha value is -1.24. The van der Waals surface area contributed by atoms with Gasteiger partial charge in [-0.25, -0.2) is 0 Å². The van der Waals surface area contributed by atoms with Crippen molar-refractivity contribution < 1.29 is 4.79 Å². The number of amides is 1. The van der Waals surface area contributed by atoms with Gasteiger partial charge in [0.05, 0.1) is 5.75 Å². The fraction of sp³-hybridized carbons (Fsp3) is 0.667. The van der Waals surface area contributed by atoms with E-state index in [1.54, 1.807) is 11.6 Å². The molecule has 1 aromatic rings. The first-order valence-corrected chi connectivity index (χ1v) is 5.87. The van der Waals surface area contributed by atoms with Crippen molar-refractivity contribution in [1.82, 2.24) is 20.1 Å². The van der Waals surface area contributed by atoms with Crippen molar-refractivity contribution in [2.24, 2.45) is 7.05 Å². The number of carbonyl (C=O) groups excluding carboxylic acids is 1. The quantitative estimate of drug-likeness (QED) is 0.751. The zero-order valence-corrected chi connectivity index (χ0v) is 10.8. The molecule has 0 unspecified atom stereocenters. The summed E-state index contributed by atoms with van der Waals surface area (Å²) in [6.45, 7) is 5.82. The van der Waals surface area contributed by atoms with E-state index in [-0.39, 0.29) is 11.4 Å². The smallest absolute Gasteiger partial charge is 0.230 e. The number of anilines is 1. The molecule has 0 aliphatic rings. The van der Waals surface area contributed by atoms with Crippen LogP contribution in [0.5, 0.6) is 0 Å². The summed E-state index contributed by atoms with van der Waals surface area (Å²) in [5.41, 5.74) is 5.31. The Kier molecular flexibility index (Phi) is 3.79. The molecule has 1 amide bonds. The van der Waals surface area contributed by atoms with Crippen LogP contribution in [0, 0.1) is 0 Å². The van der Waals surface area contributed by atoms with Gasteiger partial charge in [0, 0.05) is 12.6 Å². The minimum Gasteiger partial charge on any atom is -0.368 e. The molecule has 6 nitrogen and oxygen atoms in total. The van der Waals surface area contributed by atoms with Gasteiger partial charge in [-0.3, -0.25) is 9.36 Å². The first-order valence-electron chi connectivity index (χ1n) is 4.88. The number of carbonyl (C=O) groups is 1. The second kappa shape index (κ2) is 4.73. The number of aromatic nitrogens is 3. The van der Waals surface area contributed by atoms with Crippen LogP contribution in [0.3, 0.4) is 0 Å². The van der Waals surface area contributed by atoms with Gasteiger partial charge in [-0.2, -0.15) is 0 Å². The van der Waals surface area contributed by atoms with Gasteiger partial charge < -0.3 is 11.1 Å². The van der Waals surface area contributed by atoms with Crippen LogP contribution in [0.15, 0.2) is 5.16 Å². The fourth-order valence-corrected chi connectivity index (χ4v) is 1.75. The number of rotatable bonds is 3. The normalized spacial score (nSPS) is 11.5. The van der Waals surface area contributed by atoms with E-state index >= 15 is 0 Å². The molecule has 0 radical (unpaired) electrons. The molecule has 1 heterocycles. The van der Waals surface area contributed by atoms with Crippen molar-refractivity contribution in [2.75, 3.05) is 11.5 Å². The van der Waals surface area contributed by atoms with Gasteiger partial charge in [-0.15, -0.1) is 10.2 Å². The van der Waals surface area contributed by atoms with Crippen LogP contribution in [0.25, 0.3) is 0 Å². The first-order chi connectivity index (χ1) is 7.29. The van der Waals surface area contributed by atoms with Crippen LogP contribution in [-0.2, 0) is 11.8 Å². The van der Waals surface area contributed by atoms with Crippen LogP contribution in [0.1, 0.15) is 20.8 Å².